The monoisotopic (exact) mass is 362 g/mol. The number of hydrogen-bond donors (Lipinski definition) is 1. The van der Waals surface area contributed by atoms with E-state index in [1.54, 1.807) is 17.9 Å². The Hall–Kier alpha value is -3.48. The highest BCUT2D eigenvalue weighted by Crippen LogP contribution is 2.31. The van der Waals surface area contributed by atoms with Gasteiger partial charge in [-0.2, -0.15) is 4.98 Å². The predicted octanol–water partition coefficient (Wildman–Crippen LogP) is 2.76. The summed E-state index contributed by atoms with van der Waals surface area (Å²) in [5.74, 6) is 0.550. The number of amides is 2. The quantitative estimate of drug-likeness (QED) is 0.771. The van der Waals surface area contributed by atoms with Gasteiger partial charge < -0.3 is 14.7 Å². The third-order valence-electron chi connectivity index (χ3n) is 4.41. The van der Waals surface area contributed by atoms with Crippen LogP contribution in [0.4, 0.5) is 11.4 Å². The van der Waals surface area contributed by atoms with Gasteiger partial charge in [-0.25, -0.2) is 0 Å². The molecule has 4 rings (SSSR count). The Labute approximate surface area is 156 Å². The van der Waals surface area contributed by atoms with Crippen molar-refractivity contribution in [2.24, 2.45) is 0 Å². The molecule has 0 bridgehead atoms. The second kappa shape index (κ2) is 7.03. The Morgan fingerprint density at radius 1 is 1.19 bits per heavy atom. The van der Waals surface area contributed by atoms with E-state index in [1.165, 1.54) is 0 Å². The first kappa shape index (κ1) is 17.0. The van der Waals surface area contributed by atoms with E-state index in [1.807, 2.05) is 42.5 Å². The molecule has 136 valence electrons. The van der Waals surface area contributed by atoms with Gasteiger partial charge in [0.15, 0.2) is 5.82 Å². The first-order valence-corrected chi connectivity index (χ1v) is 8.69. The van der Waals surface area contributed by atoms with Gasteiger partial charge in [0.1, 0.15) is 0 Å². The van der Waals surface area contributed by atoms with Crippen LogP contribution in [0.2, 0.25) is 0 Å². The lowest BCUT2D eigenvalue weighted by Crippen LogP contribution is -2.28. The fourth-order valence-electron chi connectivity index (χ4n) is 3.19. The maximum atomic E-state index is 12.7. The second-order valence-electron chi connectivity index (χ2n) is 6.37. The third kappa shape index (κ3) is 3.57. The largest absolute Gasteiger partial charge is 0.340 e. The minimum Gasteiger partial charge on any atom is -0.340 e. The molecule has 0 aliphatic carbocycles. The minimum absolute atomic E-state index is 0.0152. The second-order valence-corrected chi connectivity index (χ2v) is 6.37. The van der Waals surface area contributed by atoms with Crippen molar-refractivity contribution >= 4 is 23.2 Å². The van der Waals surface area contributed by atoms with Crippen molar-refractivity contribution in [2.45, 2.75) is 19.8 Å². The van der Waals surface area contributed by atoms with Gasteiger partial charge >= 0.3 is 0 Å². The van der Waals surface area contributed by atoms with Crippen molar-refractivity contribution in [1.82, 2.24) is 10.1 Å². The molecule has 3 aromatic rings. The molecule has 0 atom stereocenters. The number of fused-ring (bicyclic) bond motifs is 1. The van der Waals surface area contributed by atoms with Crippen LogP contribution in [0.15, 0.2) is 53.1 Å². The molecule has 0 saturated carbocycles. The third-order valence-corrected chi connectivity index (χ3v) is 4.41. The van der Waals surface area contributed by atoms with Gasteiger partial charge in [0, 0.05) is 30.4 Å². The van der Waals surface area contributed by atoms with Crippen LogP contribution in [0, 0.1) is 6.92 Å². The molecule has 27 heavy (non-hydrogen) atoms. The molecule has 7 heteroatoms. The van der Waals surface area contributed by atoms with E-state index in [9.17, 15) is 9.59 Å². The molecule has 2 heterocycles. The lowest BCUT2D eigenvalue weighted by Gasteiger charge is -2.17. The molecule has 0 unspecified atom stereocenters. The topological polar surface area (TPSA) is 88.3 Å². The van der Waals surface area contributed by atoms with Crippen molar-refractivity contribution in [2.75, 3.05) is 16.8 Å². The number of carbonyl (C=O) groups excluding carboxylic acids is 2. The van der Waals surface area contributed by atoms with Crippen LogP contribution in [-0.4, -0.2) is 28.5 Å². The lowest BCUT2D eigenvalue weighted by atomic mass is 10.1. The molecule has 1 aliphatic rings. The fourth-order valence-corrected chi connectivity index (χ4v) is 3.19. The zero-order valence-electron chi connectivity index (χ0n) is 14.8. The normalized spacial score (nSPS) is 12.7. The Morgan fingerprint density at radius 2 is 2.00 bits per heavy atom. The zero-order chi connectivity index (χ0) is 18.8. The SMILES string of the molecule is Cc1nc(CC(=O)Nc2ccc3c(c2)CCN3C(=O)c2ccccc2)no1. The Balaban J connectivity index is 1.46. The Bertz CT molecular complexity index is 997. The van der Waals surface area contributed by atoms with Crippen LogP contribution in [0.1, 0.15) is 27.6 Å². The highest BCUT2D eigenvalue weighted by atomic mass is 16.5. The van der Waals surface area contributed by atoms with Gasteiger partial charge in [-0.05, 0) is 42.3 Å². The maximum absolute atomic E-state index is 12.7. The summed E-state index contributed by atoms with van der Waals surface area (Å²) in [6.45, 7) is 2.31. The molecule has 0 fully saturated rings. The number of anilines is 2. The van der Waals surface area contributed by atoms with E-state index in [-0.39, 0.29) is 18.2 Å². The highest BCUT2D eigenvalue weighted by Gasteiger charge is 2.25. The molecular formula is C20H18N4O3. The summed E-state index contributed by atoms with van der Waals surface area (Å²) in [5.41, 5.74) is 3.27. The average Bonchev–Trinajstić information content (AvgIpc) is 3.27. The van der Waals surface area contributed by atoms with Gasteiger partial charge in [0.2, 0.25) is 11.8 Å². The summed E-state index contributed by atoms with van der Waals surface area (Å²) in [4.78, 5) is 30.7. The molecule has 0 spiro atoms. The van der Waals surface area contributed by atoms with Crippen LogP contribution in [0.25, 0.3) is 0 Å². The molecule has 1 N–H and O–H groups in total. The van der Waals surface area contributed by atoms with Crippen LogP contribution >= 0.6 is 0 Å². The number of carbonyl (C=O) groups is 2. The van der Waals surface area contributed by atoms with Crippen LogP contribution in [0.5, 0.6) is 0 Å². The highest BCUT2D eigenvalue weighted by molar-refractivity contribution is 6.07. The van der Waals surface area contributed by atoms with Gasteiger partial charge in [-0.15, -0.1) is 0 Å². The smallest absolute Gasteiger partial charge is 0.258 e. The van der Waals surface area contributed by atoms with E-state index >= 15 is 0 Å². The van der Waals surface area contributed by atoms with Gasteiger partial charge in [-0.3, -0.25) is 9.59 Å². The van der Waals surface area contributed by atoms with E-state index in [0.717, 1.165) is 17.7 Å². The number of aromatic nitrogens is 2. The predicted molar refractivity (Wildman–Crippen MR) is 99.6 cm³/mol. The molecule has 0 radical (unpaired) electrons. The summed E-state index contributed by atoms with van der Waals surface area (Å²) in [6, 6.07) is 14.8. The van der Waals surface area contributed by atoms with E-state index in [2.05, 4.69) is 15.5 Å². The molecule has 2 amide bonds. The molecule has 1 aromatic heterocycles. The summed E-state index contributed by atoms with van der Waals surface area (Å²) in [5, 5.41) is 6.56. The Morgan fingerprint density at radius 3 is 2.74 bits per heavy atom. The van der Waals surface area contributed by atoms with Crippen LogP contribution in [0.3, 0.4) is 0 Å². The number of nitrogens with zero attached hydrogens (tertiary/aromatic N) is 3. The molecule has 1 aliphatic heterocycles. The number of aryl methyl sites for hydroxylation is 1. The first-order chi connectivity index (χ1) is 13.1. The van der Waals surface area contributed by atoms with Crippen LogP contribution in [-0.2, 0) is 17.6 Å². The zero-order valence-corrected chi connectivity index (χ0v) is 14.8. The van der Waals surface area contributed by atoms with Crippen molar-refractivity contribution in [3.8, 4) is 0 Å². The number of hydrogen-bond acceptors (Lipinski definition) is 5. The number of nitrogens with one attached hydrogen (secondary N) is 1. The molecule has 0 saturated heterocycles. The van der Waals surface area contributed by atoms with Crippen molar-refractivity contribution in [3.05, 3.63) is 71.4 Å². The first-order valence-electron chi connectivity index (χ1n) is 8.69. The summed E-state index contributed by atoms with van der Waals surface area (Å²) >= 11 is 0. The molecular weight excluding hydrogens is 344 g/mol. The number of rotatable bonds is 4. The van der Waals surface area contributed by atoms with E-state index in [4.69, 9.17) is 4.52 Å². The Kier molecular flexibility index (Phi) is 4.42. The van der Waals surface area contributed by atoms with E-state index < -0.39 is 0 Å². The summed E-state index contributed by atoms with van der Waals surface area (Å²) in [6.07, 6.45) is 0.800. The van der Waals surface area contributed by atoms with Crippen molar-refractivity contribution < 1.29 is 14.1 Å². The van der Waals surface area contributed by atoms with Crippen LogP contribution < -0.4 is 10.2 Å². The summed E-state index contributed by atoms with van der Waals surface area (Å²) < 4.78 is 4.87. The van der Waals surface area contributed by atoms with E-state index in [0.29, 0.717) is 29.5 Å². The van der Waals surface area contributed by atoms with Gasteiger partial charge in [0.05, 0.1) is 6.42 Å². The van der Waals surface area contributed by atoms with Gasteiger partial charge in [0.25, 0.3) is 5.91 Å². The summed E-state index contributed by atoms with van der Waals surface area (Å²) in [7, 11) is 0. The molecule has 2 aromatic carbocycles. The number of benzene rings is 2. The standard InChI is InChI=1S/C20H18N4O3/c1-13-21-18(23-27-13)12-19(25)22-16-7-8-17-15(11-16)9-10-24(17)20(26)14-5-3-2-4-6-14/h2-8,11H,9-10,12H2,1H3,(H,22,25). The maximum Gasteiger partial charge on any atom is 0.258 e. The van der Waals surface area contributed by atoms with Gasteiger partial charge in [-0.1, -0.05) is 23.4 Å². The fraction of sp³-hybridized carbons (Fsp3) is 0.200. The van der Waals surface area contributed by atoms with Crippen molar-refractivity contribution in [1.29, 1.82) is 0 Å². The average molecular weight is 362 g/mol. The minimum atomic E-state index is -0.217. The van der Waals surface area contributed by atoms with Crippen molar-refractivity contribution in [3.63, 3.8) is 0 Å². The molecule has 7 nitrogen and oxygen atoms in total. The lowest BCUT2D eigenvalue weighted by molar-refractivity contribution is -0.115.